The molecule has 0 heterocycles. The Morgan fingerprint density at radius 3 is 1.00 bits per heavy atom. The maximum Gasteiger partial charge on any atom is 0.316 e. The van der Waals surface area contributed by atoms with Crippen molar-refractivity contribution in [2.75, 3.05) is 0 Å². The van der Waals surface area contributed by atoms with Gasteiger partial charge in [0.2, 0.25) is 0 Å². The van der Waals surface area contributed by atoms with Crippen LogP contribution >= 0.6 is 0 Å². The zero-order valence-corrected chi connectivity index (χ0v) is 5.18. The van der Waals surface area contributed by atoms with Gasteiger partial charge in [-0.25, -0.2) is 0 Å². The minimum Gasteiger partial charge on any atom is 0 e. The van der Waals surface area contributed by atoms with Crippen LogP contribution in [0.1, 0.15) is 0 Å². The molecule has 0 aromatic carbocycles. The minimum absolute atomic E-state index is 0. The fourth-order valence-electron chi connectivity index (χ4n) is 0. The van der Waals surface area contributed by atoms with E-state index >= 15 is 0 Å². The van der Waals surface area contributed by atoms with Gasteiger partial charge in [0.05, 0.1) is 0 Å². The van der Waals surface area contributed by atoms with Gasteiger partial charge in [-0.3, -0.25) is 0 Å². The van der Waals surface area contributed by atoms with Crippen molar-refractivity contribution in [1.82, 2.24) is 0 Å². The summed E-state index contributed by atoms with van der Waals surface area (Å²) in [5.74, 6) is 0. The maximum absolute atomic E-state index is 0. The fourth-order valence-corrected chi connectivity index (χ4v) is 0. The van der Waals surface area contributed by atoms with Crippen LogP contribution in [0.5, 0.6) is 0 Å². The molecule has 0 nitrogen and oxygen atoms in total. The summed E-state index contributed by atoms with van der Waals surface area (Å²) in [6.45, 7) is 0. The van der Waals surface area contributed by atoms with Crippen LogP contribution in [0.2, 0.25) is 0 Å². The summed E-state index contributed by atoms with van der Waals surface area (Å²) in [4.78, 5) is 0. The van der Waals surface area contributed by atoms with E-state index in [1.165, 1.54) is 0 Å². The molecule has 0 amide bonds. The smallest absolute Gasteiger partial charge is 0 e. The molecule has 0 radical (unpaired) electrons. The Kier molecular flexibility index (Phi) is 142. The van der Waals surface area contributed by atoms with Crippen molar-refractivity contribution in [3.8, 4) is 0 Å². The normalized spacial score (nSPS) is 0. The summed E-state index contributed by atoms with van der Waals surface area (Å²) in [5, 5.41) is 0. The largest absolute Gasteiger partial charge is 0.316 e. The van der Waals surface area contributed by atoms with Gasteiger partial charge in [0, 0.05) is 54.6 Å². The summed E-state index contributed by atoms with van der Waals surface area (Å²) in [7, 11) is 0. The van der Waals surface area contributed by atoms with Crippen LogP contribution in [0.3, 0.4) is 0 Å². The zero-order valence-electron chi connectivity index (χ0n) is 1.08. The van der Waals surface area contributed by atoms with Crippen molar-refractivity contribution in [3.05, 3.63) is 0 Å². The van der Waals surface area contributed by atoms with Gasteiger partial charge in [-0.15, -0.1) is 0 Å². The van der Waals surface area contributed by atoms with Gasteiger partial charge in [0.1, 0.15) is 0 Å². The fraction of sp³-hybridized carbons (Fsp3) is 0. The van der Waals surface area contributed by atoms with Crippen molar-refractivity contribution >= 4 is 23.1 Å². The van der Waals surface area contributed by atoms with Crippen LogP contribution in [0.4, 0.5) is 0 Å². The van der Waals surface area contributed by atoms with Crippen molar-refractivity contribution in [3.63, 3.8) is 0 Å². The summed E-state index contributed by atoms with van der Waals surface area (Å²) in [6, 6.07) is 0. The predicted octanol–water partition coefficient (Wildman–Crippen LogP) is -0.924. The molecule has 4 heteroatoms. The Hall–Kier alpha value is 2.47. The van der Waals surface area contributed by atoms with Gasteiger partial charge in [0.25, 0.3) is 0 Å². The molecule has 28 valence electrons. The minimum atomic E-state index is 0. The van der Waals surface area contributed by atoms with Gasteiger partial charge < -0.3 is 0 Å². The van der Waals surface area contributed by atoms with E-state index in [0.29, 0.717) is 0 Å². The standard InChI is InChI=1S/Fe.Mg.Mo.Ni.2H. The molecule has 0 aromatic heterocycles. The molecule has 0 N–H and O–H groups in total. The average molecular weight is 237 g/mol. The Morgan fingerprint density at radius 2 is 1.00 bits per heavy atom. The van der Waals surface area contributed by atoms with Crippen molar-refractivity contribution in [1.29, 1.82) is 0 Å². The molecule has 0 aliphatic rings. The first-order valence-corrected chi connectivity index (χ1v) is 0. The monoisotopic (exact) mass is 238 g/mol. The third kappa shape index (κ3) is 8.82. The molecule has 0 rings (SSSR count). The second-order valence-corrected chi connectivity index (χ2v) is 0. The van der Waals surface area contributed by atoms with E-state index in [1.54, 1.807) is 0 Å². The van der Waals surface area contributed by atoms with E-state index in [2.05, 4.69) is 0 Å². The van der Waals surface area contributed by atoms with Crippen molar-refractivity contribution < 1.29 is 54.6 Å². The van der Waals surface area contributed by atoms with Crippen molar-refractivity contribution in [2.45, 2.75) is 0 Å². The van der Waals surface area contributed by atoms with Crippen molar-refractivity contribution in [2.24, 2.45) is 0 Å². The van der Waals surface area contributed by atoms with Crippen LogP contribution < -0.4 is 0 Å². The Bertz CT molecular complexity index is 8.00. The predicted molar refractivity (Wildman–Crippen MR) is 8.54 cm³/mol. The first-order valence-electron chi connectivity index (χ1n) is 0. The third-order valence-corrected chi connectivity index (χ3v) is 0. The van der Waals surface area contributed by atoms with E-state index in [1.807, 2.05) is 0 Å². The molecule has 0 aromatic rings. The first-order chi connectivity index (χ1) is 0. The molecular weight excluding hydrogens is 235 g/mol. The molecule has 0 fully saturated rings. The maximum atomic E-state index is 0. The van der Waals surface area contributed by atoms with Crippen LogP contribution in [-0.2, 0) is 54.6 Å². The summed E-state index contributed by atoms with van der Waals surface area (Å²) in [6.07, 6.45) is 0. The molecule has 4 heavy (non-hydrogen) atoms. The van der Waals surface area contributed by atoms with E-state index in [9.17, 15) is 0 Å². The number of hydrogen-bond acceptors (Lipinski definition) is 0. The van der Waals surface area contributed by atoms with Crippen LogP contribution in [0.25, 0.3) is 0 Å². The summed E-state index contributed by atoms with van der Waals surface area (Å²) < 4.78 is 0. The van der Waals surface area contributed by atoms with E-state index < -0.39 is 0 Å². The van der Waals surface area contributed by atoms with Crippen LogP contribution in [-0.4, -0.2) is 23.1 Å². The zero-order chi connectivity index (χ0) is 0. The van der Waals surface area contributed by atoms with E-state index in [4.69, 9.17) is 0 Å². The van der Waals surface area contributed by atoms with Gasteiger partial charge in [0.15, 0.2) is 0 Å². The third-order valence-electron chi connectivity index (χ3n) is 0. The topological polar surface area (TPSA) is 0 Å². The van der Waals surface area contributed by atoms with E-state index in [0.717, 1.165) is 0 Å². The summed E-state index contributed by atoms with van der Waals surface area (Å²) >= 11 is 0. The average Bonchev–Trinajstić information content (AvgIpc) is 0. The van der Waals surface area contributed by atoms with Gasteiger partial charge in [-0.05, 0) is 0 Å². The molecule has 0 saturated carbocycles. The SMILES string of the molecule is [Fe].[MgH2].[Mo].[Ni]. The second kappa shape index (κ2) is 17.9. The molecule has 0 spiro atoms. The van der Waals surface area contributed by atoms with Gasteiger partial charge >= 0.3 is 23.1 Å². The Labute approximate surface area is 76.7 Å². The Morgan fingerprint density at radius 1 is 1.00 bits per heavy atom. The number of rotatable bonds is 0. The molecule has 0 aliphatic carbocycles. The van der Waals surface area contributed by atoms with Crippen LogP contribution in [0.15, 0.2) is 0 Å². The molecular formula is H2FeMgMoNi. The molecule has 0 aliphatic heterocycles. The van der Waals surface area contributed by atoms with Crippen LogP contribution in [0, 0.1) is 0 Å². The first kappa shape index (κ1) is 31.8. The second-order valence-electron chi connectivity index (χ2n) is 0. The molecule has 0 unspecified atom stereocenters. The quantitative estimate of drug-likeness (QED) is 0.478. The number of hydrogen-bond donors (Lipinski definition) is 0. The molecule has 0 atom stereocenters. The molecule has 0 bridgehead atoms. The summed E-state index contributed by atoms with van der Waals surface area (Å²) in [5.41, 5.74) is 0. The van der Waals surface area contributed by atoms with Gasteiger partial charge in [-0.2, -0.15) is 0 Å². The molecule has 0 saturated heterocycles. The Balaban J connectivity index is 0. The van der Waals surface area contributed by atoms with Gasteiger partial charge in [-0.1, -0.05) is 0 Å². The van der Waals surface area contributed by atoms with E-state index in [-0.39, 0.29) is 77.7 Å².